The summed E-state index contributed by atoms with van der Waals surface area (Å²) >= 11 is 0. The highest BCUT2D eigenvalue weighted by Crippen LogP contribution is 2.55. The Hall–Kier alpha value is -4.28. The number of nitrogens with one attached hydrogen (secondary N) is 1. The van der Waals surface area contributed by atoms with Crippen molar-refractivity contribution in [3.63, 3.8) is 0 Å². The monoisotopic (exact) mass is 627 g/mol. The second-order valence-electron chi connectivity index (χ2n) is 12.3. The summed E-state index contributed by atoms with van der Waals surface area (Å²) in [5.41, 5.74) is -0.106. The topological polar surface area (TPSA) is 125 Å². The number of carbonyl (C=O) groups is 4. The second-order valence-corrected chi connectivity index (χ2v) is 12.3. The summed E-state index contributed by atoms with van der Waals surface area (Å²) in [4.78, 5) is 59.4. The maximum absolute atomic E-state index is 14.8. The average molecular weight is 628 g/mol. The third-order valence-electron chi connectivity index (χ3n) is 9.54. The molecule has 0 aliphatic carbocycles. The van der Waals surface area contributed by atoms with Gasteiger partial charge in [-0.1, -0.05) is 98.3 Å². The van der Waals surface area contributed by atoms with Crippen molar-refractivity contribution in [2.75, 3.05) is 26.2 Å². The SMILES string of the molecule is CCCCN1CC=C[C@]23O[C@@H]4/C=C\CCC(=O)NC[C@@H](c5ccccc5)OC(=O)[C@@H]4[C@H]2C(=O)N([C@H](CO)c2ccccc2)[C@@H]3C1=O. The summed E-state index contributed by atoms with van der Waals surface area (Å²) in [6, 6.07) is 16.3. The van der Waals surface area contributed by atoms with E-state index in [1.165, 1.54) is 4.90 Å². The maximum Gasteiger partial charge on any atom is 0.313 e. The molecule has 4 aliphatic rings. The first-order valence-electron chi connectivity index (χ1n) is 16.2. The lowest BCUT2D eigenvalue weighted by Gasteiger charge is -2.38. The molecule has 0 unspecified atom stereocenters. The van der Waals surface area contributed by atoms with Crippen LogP contribution in [0.4, 0.5) is 0 Å². The summed E-state index contributed by atoms with van der Waals surface area (Å²) in [6.45, 7) is 2.54. The van der Waals surface area contributed by atoms with Gasteiger partial charge in [-0.2, -0.15) is 0 Å². The van der Waals surface area contributed by atoms with Gasteiger partial charge in [0.25, 0.3) is 0 Å². The first kappa shape index (κ1) is 31.7. The zero-order valence-electron chi connectivity index (χ0n) is 26.0. The number of nitrogens with zero attached hydrogens (tertiary/aromatic N) is 2. The minimum absolute atomic E-state index is 0.0699. The highest BCUT2D eigenvalue weighted by atomic mass is 16.6. The molecule has 2 N–H and O–H groups in total. The Morgan fingerprint density at radius 3 is 2.46 bits per heavy atom. The van der Waals surface area contributed by atoms with Crippen molar-refractivity contribution in [2.24, 2.45) is 11.8 Å². The second kappa shape index (κ2) is 13.6. The van der Waals surface area contributed by atoms with Crippen molar-refractivity contribution in [1.82, 2.24) is 15.1 Å². The van der Waals surface area contributed by atoms with Gasteiger partial charge in [0.1, 0.15) is 23.7 Å². The van der Waals surface area contributed by atoms with E-state index in [0.29, 0.717) is 30.6 Å². The van der Waals surface area contributed by atoms with Crippen molar-refractivity contribution < 1.29 is 33.8 Å². The quantitative estimate of drug-likeness (QED) is 0.357. The molecule has 7 atom stereocenters. The Labute approximate surface area is 269 Å². The van der Waals surface area contributed by atoms with Crippen molar-refractivity contribution in [3.8, 4) is 0 Å². The largest absolute Gasteiger partial charge is 0.455 e. The van der Waals surface area contributed by atoms with Gasteiger partial charge in [0.2, 0.25) is 17.7 Å². The highest BCUT2D eigenvalue weighted by Gasteiger charge is 2.72. The van der Waals surface area contributed by atoms with Gasteiger partial charge in [0, 0.05) is 19.5 Å². The standard InChI is InChI=1S/C36H41N3O7/c1-2-3-20-38-21-12-19-36-31(33(42)39(32(36)34(38)43)26(23-40)24-13-6-4-7-14-24)30-27(46-36)17-10-11-18-29(41)37-22-28(45-35(30)44)25-15-8-5-9-16-25/h4-10,12-17,19,26-28,30-32,40H,2-3,11,18,20-23H2,1H3,(H,37,41)/b17-10-/t26-,27-,28+,30+,31+,32-,36+/m1/s1. The number of aliphatic hydroxyl groups is 1. The van der Waals surface area contributed by atoms with E-state index in [9.17, 15) is 24.3 Å². The fraction of sp³-hybridized carbons (Fsp3) is 0.444. The highest BCUT2D eigenvalue weighted by molar-refractivity contribution is 5.99. The molecule has 2 saturated heterocycles. The molecule has 2 aromatic rings. The lowest BCUT2D eigenvalue weighted by Crippen LogP contribution is -2.56. The van der Waals surface area contributed by atoms with E-state index < -0.39 is 60.2 Å². The van der Waals surface area contributed by atoms with Crippen molar-refractivity contribution >= 4 is 23.7 Å². The fourth-order valence-corrected chi connectivity index (χ4v) is 7.31. The molecule has 0 aromatic heterocycles. The van der Waals surface area contributed by atoms with Crippen LogP contribution in [0.25, 0.3) is 0 Å². The van der Waals surface area contributed by atoms with Crippen LogP contribution in [-0.4, -0.2) is 82.6 Å². The van der Waals surface area contributed by atoms with E-state index in [2.05, 4.69) is 5.32 Å². The molecule has 242 valence electrons. The summed E-state index contributed by atoms with van der Waals surface area (Å²) in [5, 5.41) is 13.6. The molecule has 10 heteroatoms. The number of unbranched alkanes of at least 4 members (excludes halogenated alkanes) is 1. The molecule has 10 nitrogen and oxygen atoms in total. The van der Waals surface area contributed by atoms with Gasteiger partial charge in [0.15, 0.2) is 0 Å². The summed E-state index contributed by atoms with van der Waals surface area (Å²) in [5.74, 6) is -3.71. The molecule has 4 heterocycles. The minimum Gasteiger partial charge on any atom is -0.455 e. The summed E-state index contributed by atoms with van der Waals surface area (Å²) in [6.07, 6.45) is 7.77. The van der Waals surface area contributed by atoms with Crippen molar-refractivity contribution in [2.45, 2.75) is 62.5 Å². The Bertz CT molecular complexity index is 1500. The van der Waals surface area contributed by atoms with Gasteiger partial charge in [0.05, 0.1) is 31.2 Å². The molecular weight excluding hydrogens is 586 g/mol. The number of allylic oxidation sites excluding steroid dienone is 1. The smallest absolute Gasteiger partial charge is 0.313 e. The van der Waals surface area contributed by atoms with Crippen LogP contribution in [0.15, 0.2) is 85.0 Å². The number of rotatable bonds is 7. The van der Waals surface area contributed by atoms with E-state index in [1.807, 2.05) is 73.7 Å². The van der Waals surface area contributed by atoms with Crippen LogP contribution in [0, 0.1) is 11.8 Å². The number of cyclic esters (lactones) is 1. The number of hydrogen-bond acceptors (Lipinski definition) is 7. The van der Waals surface area contributed by atoms with Gasteiger partial charge in [-0.25, -0.2) is 0 Å². The Balaban J connectivity index is 1.46. The van der Waals surface area contributed by atoms with Gasteiger partial charge < -0.3 is 29.7 Å². The third-order valence-corrected chi connectivity index (χ3v) is 9.54. The Morgan fingerprint density at radius 1 is 1.00 bits per heavy atom. The Kier molecular flexibility index (Phi) is 9.37. The zero-order valence-corrected chi connectivity index (χ0v) is 26.0. The molecule has 6 rings (SSSR count). The normalized spacial score (nSPS) is 31.0. The van der Waals surface area contributed by atoms with Gasteiger partial charge in [-0.3, -0.25) is 19.2 Å². The number of carbonyl (C=O) groups excluding carboxylic acids is 4. The molecule has 0 radical (unpaired) electrons. The van der Waals surface area contributed by atoms with E-state index in [-0.39, 0.29) is 24.8 Å². The molecule has 2 fully saturated rings. The molecule has 1 spiro atoms. The molecule has 46 heavy (non-hydrogen) atoms. The number of esters is 1. The molecular formula is C36H41N3O7. The fourth-order valence-electron chi connectivity index (χ4n) is 7.31. The van der Waals surface area contributed by atoms with Crippen LogP contribution >= 0.6 is 0 Å². The molecule has 0 bridgehead atoms. The number of hydrogen-bond donors (Lipinski definition) is 2. The molecule has 4 aliphatic heterocycles. The summed E-state index contributed by atoms with van der Waals surface area (Å²) in [7, 11) is 0. The molecule has 0 saturated carbocycles. The van der Waals surface area contributed by atoms with Gasteiger partial charge in [-0.05, 0) is 24.0 Å². The molecule has 3 amide bonds. The van der Waals surface area contributed by atoms with Crippen LogP contribution < -0.4 is 5.32 Å². The van der Waals surface area contributed by atoms with E-state index >= 15 is 0 Å². The van der Waals surface area contributed by atoms with Crippen LogP contribution in [0.1, 0.15) is 55.9 Å². The van der Waals surface area contributed by atoms with E-state index in [4.69, 9.17) is 9.47 Å². The number of amides is 3. The van der Waals surface area contributed by atoms with Crippen LogP contribution in [0.3, 0.4) is 0 Å². The lowest BCUT2D eigenvalue weighted by molar-refractivity contribution is -0.160. The predicted molar refractivity (Wildman–Crippen MR) is 169 cm³/mol. The minimum atomic E-state index is -1.48. The predicted octanol–water partition coefficient (Wildman–Crippen LogP) is 3.25. The molecule has 2 aromatic carbocycles. The maximum atomic E-state index is 14.8. The summed E-state index contributed by atoms with van der Waals surface area (Å²) < 4.78 is 12.9. The number of likely N-dealkylation sites (tertiary alicyclic amines) is 1. The lowest BCUT2D eigenvalue weighted by atomic mass is 9.78. The number of fused-ring (bicyclic) bond motifs is 2. The van der Waals surface area contributed by atoms with E-state index in [0.717, 1.165) is 12.8 Å². The van der Waals surface area contributed by atoms with Gasteiger partial charge >= 0.3 is 5.97 Å². The van der Waals surface area contributed by atoms with E-state index in [1.54, 1.807) is 23.1 Å². The van der Waals surface area contributed by atoms with Crippen molar-refractivity contribution in [1.29, 1.82) is 0 Å². The number of benzene rings is 2. The number of ether oxygens (including phenoxy) is 2. The van der Waals surface area contributed by atoms with Crippen molar-refractivity contribution in [3.05, 3.63) is 96.1 Å². The zero-order chi connectivity index (χ0) is 32.3. The van der Waals surface area contributed by atoms with Gasteiger partial charge in [-0.15, -0.1) is 0 Å². The van der Waals surface area contributed by atoms with Crippen LogP contribution in [-0.2, 0) is 28.7 Å². The van der Waals surface area contributed by atoms with Crippen LogP contribution in [0.2, 0.25) is 0 Å². The van der Waals surface area contributed by atoms with Crippen LogP contribution in [0.5, 0.6) is 0 Å². The third kappa shape index (κ3) is 5.76. The average Bonchev–Trinajstić information content (AvgIpc) is 3.46. The first-order valence-corrected chi connectivity index (χ1v) is 16.2. The first-order chi connectivity index (χ1) is 22.4. The Morgan fingerprint density at radius 2 is 1.74 bits per heavy atom. The number of aliphatic hydroxyl groups excluding tert-OH is 1.